The van der Waals surface area contributed by atoms with Crippen molar-refractivity contribution in [2.24, 2.45) is 11.7 Å². The first-order valence-corrected chi connectivity index (χ1v) is 9.38. The lowest BCUT2D eigenvalue weighted by molar-refractivity contribution is -0.119. The second-order valence-corrected chi connectivity index (χ2v) is 8.05. The maximum absolute atomic E-state index is 6.73. The zero-order valence-electron chi connectivity index (χ0n) is 12.7. The Morgan fingerprint density at radius 1 is 1.25 bits per heavy atom. The molecule has 0 aromatic heterocycles. The summed E-state index contributed by atoms with van der Waals surface area (Å²) in [6, 6.07) is 0.180. The smallest absolute Gasteiger partial charge is 0.0831 e. The standard InChI is InChI=1S/C16H29NO2S/c1-18-16(6-3-2-4-7-16)14(17)13-5-9-19-15(11-13)8-10-20-12-15/h13-14H,2-12,17H2,1H3. The summed E-state index contributed by atoms with van der Waals surface area (Å²) in [6.07, 6.45) is 9.63. The van der Waals surface area contributed by atoms with Crippen LogP contribution in [-0.2, 0) is 9.47 Å². The van der Waals surface area contributed by atoms with Crippen molar-refractivity contribution in [2.75, 3.05) is 25.2 Å². The fourth-order valence-electron chi connectivity index (χ4n) is 4.49. The van der Waals surface area contributed by atoms with Gasteiger partial charge in [0.15, 0.2) is 0 Å². The van der Waals surface area contributed by atoms with Crippen LogP contribution >= 0.6 is 11.8 Å². The largest absolute Gasteiger partial charge is 0.377 e. The molecular formula is C16H29NO2S. The third kappa shape index (κ3) is 2.77. The molecule has 2 N–H and O–H groups in total. The molecule has 2 saturated heterocycles. The second-order valence-electron chi connectivity index (χ2n) is 6.94. The molecule has 116 valence electrons. The summed E-state index contributed by atoms with van der Waals surface area (Å²) in [6.45, 7) is 0.888. The minimum Gasteiger partial charge on any atom is -0.377 e. The van der Waals surface area contributed by atoms with Crippen molar-refractivity contribution in [1.29, 1.82) is 0 Å². The Bertz CT molecular complexity index is 324. The van der Waals surface area contributed by atoms with Crippen LogP contribution in [0, 0.1) is 5.92 Å². The predicted octanol–water partition coefficient (Wildman–Crippen LogP) is 2.97. The molecule has 3 aliphatic rings. The third-order valence-corrected chi connectivity index (χ3v) is 7.04. The molecule has 1 aliphatic carbocycles. The number of hydrogen-bond acceptors (Lipinski definition) is 4. The van der Waals surface area contributed by atoms with E-state index in [4.69, 9.17) is 15.2 Å². The van der Waals surface area contributed by atoms with Crippen LogP contribution in [-0.4, -0.2) is 42.5 Å². The van der Waals surface area contributed by atoms with Crippen molar-refractivity contribution in [3.05, 3.63) is 0 Å². The Morgan fingerprint density at radius 2 is 2.05 bits per heavy atom. The summed E-state index contributed by atoms with van der Waals surface area (Å²) in [4.78, 5) is 0. The average molecular weight is 299 g/mol. The van der Waals surface area contributed by atoms with Gasteiger partial charge in [-0.25, -0.2) is 0 Å². The van der Waals surface area contributed by atoms with Gasteiger partial charge in [0.1, 0.15) is 0 Å². The normalized spacial score (nSPS) is 39.0. The highest BCUT2D eigenvalue weighted by Gasteiger charge is 2.47. The van der Waals surface area contributed by atoms with E-state index < -0.39 is 0 Å². The molecule has 0 aromatic rings. The van der Waals surface area contributed by atoms with E-state index in [1.807, 2.05) is 18.9 Å². The first-order chi connectivity index (χ1) is 9.70. The molecule has 1 spiro atoms. The van der Waals surface area contributed by atoms with E-state index in [0.29, 0.717) is 5.92 Å². The Balaban J connectivity index is 1.70. The van der Waals surface area contributed by atoms with Gasteiger partial charge in [-0.1, -0.05) is 19.3 Å². The van der Waals surface area contributed by atoms with Crippen LogP contribution in [0.5, 0.6) is 0 Å². The van der Waals surface area contributed by atoms with Gasteiger partial charge in [-0.2, -0.15) is 11.8 Å². The van der Waals surface area contributed by atoms with Crippen molar-refractivity contribution in [2.45, 2.75) is 68.6 Å². The number of hydrogen-bond donors (Lipinski definition) is 1. The van der Waals surface area contributed by atoms with E-state index in [9.17, 15) is 0 Å². The molecule has 2 heterocycles. The molecule has 3 atom stereocenters. The van der Waals surface area contributed by atoms with Gasteiger partial charge >= 0.3 is 0 Å². The van der Waals surface area contributed by atoms with Crippen molar-refractivity contribution >= 4 is 11.8 Å². The highest BCUT2D eigenvalue weighted by atomic mass is 32.2. The van der Waals surface area contributed by atoms with Crippen LogP contribution in [0.4, 0.5) is 0 Å². The fourth-order valence-corrected chi connectivity index (χ4v) is 5.87. The number of nitrogens with two attached hydrogens (primary N) is 1. The van der Waals surface area contributed by atoms with Gasteiger partial charge in [0.25, 0.3) is 0 Å². The zero-order valence-corrected chi connectivity index (χ0v) is 13.6. The van der Waals surface area contributed by atoms with Gasteiger partial charge in [-0.05, 0) is 43.8 Å². The maximum atomic E-state index is 6.73. The molecule has 3 unspecified atom stereocenters. The zero-order chi connectivity index (χ0) is 14.1. The minimum absolute atomic E-state index is 0.0623. The quantitative estimate of drug-likeness (QED) is 0.870. The lowest BCUT2D eigenvalue weighted by atomic mass is 9.70. The van der Waals surface area contributed by atoms with Crippen LogP contribution < -0.4 is 5.73 Å². The van der Waals surface area contributed by atoms with Crippen LogP contribution in [0.3, 0.4) is 0 Å². The van der Waals surface area contributed by atoms with Crippen LogP contribution in [0.25, 0.3) is 0 Å². The number of thioether (sulfide) groups is 1. The number of rotatable bonds is 3. The predicted molar refractivity (Wildman–Crippen MR) is 84.1 cm³/mol. The summed E-state index contributed by atoms with van der Waals surface area (Å²) in [7, 11) is 1.87. The molecule has 0 bridgehead atoms. The summed E-state index contributed by atoms with van der Waals surface area (Å²) >= 11 is 2.04. The molecule has 0 amide bonds. The van der Waals surface area contributed by atoms with Gasteiger partial charge in [-0.15, -0.1) is 0 Å². The second kappa shape index (κ2) is 6.15. The van der Waals surface area contributed by atoms with E-state index in [2.05, 4.69) is 0 Å². The maximum Gasteiger partial charge on any atom is 0.0831 e. The lowest BCUT2D eigenvalue weighted by Gasteiger charge is -2.48. The molecule has 0 aromatic carbocycles. The average Bonchev–Trinajstić information content (AvgIpc) is 2.95. The van der Waals surface area contributed by atoms with Crippen molar-refractivity contribution in [3.8, 4) is 0 Å². The molecule has 4 heteroatoms. The molecule has 0 radical (unpaired) electrons. The van der Waals surface area contributed by atoms with Gasteiger partial charge in [-0.3, -0.25) is 0 Å². The molecule has 3 fully saturated rings. The van der Waals surface area contributed by atoms with Gasteiger partial charge in [0, 0.05) is 25.5 Å². The van der Waals surface area contributed by atoms with Gasteiger partial charge < -0.3 is 15.2 Å². The molecule has 3 nitrogen and oxygen atoms in total. The SMILES string of the molecule is COC1(C(N)C2CCOC3(CCSC3)C2)CCCCC1. The summed E-state index contributed by atoms with van der Waals surface area (Å²) < 4.78 is 12.1. The van der Waals surface area contributed by atoms with Crippen LogP contribution in [0.15, 0.2) is 0 Å². The fraction of sp³-hybridized carbons (Fsp3) is 1.00. The summed E-state index contributed by atoms with van der Waals surface area (Å²) in [5.41, 5.74) is 6.80. The lowest BCUT2D eigenvalue weighted by Crippen LogP contribution is -2.57. The first-order valence-electron chi connectivity index (χ1n) is 8.22. The first kappa shape index (κ1) is 15.1. The highest BCUT2D eigenvalue weighted by molar-refractivity contribution is 7.99. The summed E-state index contributed by atoms with van der Waals surface area (Å²) in [5, 5.41) is 0. The Hall–Kier alpha value is 0.230. The highest BCUT2D eigenvalue weighted by Crippen LogP contribution is 2.44. The Kier molecular flexibility index (Phi) is 4.66. The van der Waals surface area contributed by atoms with Gasteiger partial charge in [0.05, 0.1) is 11.2 Å². The van der Waals surface area contributed by atoms with Crippen molar-refractivity contribution in [1.82, 2.24) is 0 Å². The minimum atomic E-state index is -0.0623. The topological polar surface area (TPSA) is 44.5 Å². The Morgan fingerprint density at radius 3 is 2.70 bits per heavy atom. The number of methoxy groups -OCH3 is 1. The van der Waals surface area contributed by atoms with E-state index in [-0.39, 0.29) is 17.2 Å². The molecule has 3 rings (SSSR count). The number of ether oxygens (including phenoxy) is 2. The molecule has 1 saturated carbocycles. The Labute approximate surface area is 127 Å². The van der Waals surface area contributed by atoms with E-state index in [0.717, 1.165) is 38.0 Å². The summed E-state index contributed by atoms with van der Waals surface area (Å²) in [5.74, 6) is 2.98. The van der Waals surface area contributed by atoms with E-state index in [1.54, 1.807) is 0 Å². The van der Waals surface area contributed by atoms with Crippen molar-refractivity contribution in [3.63, 3.8) is 0 Å². The van der Waals surface area contributed by atoms with E-state index >= 15 is 0 Å². The van der Waals surface area contributed by atoms with E-state index in [1.165, 1.54) is 31.4 Å². The van der Waals surface area contributed by atoms with Crippen LogP contribution in [0.1, 0.15) is 51.4 Å². The molecule has 2 aliphatic heterocycles. The monoisotopic (exact) mass is 299 g/mol. The molecular weight excluding hydrogens is 270 g/mol. The van der Waals surface area contributed by atoms with Crippen molar-refractivity contribution < 1.29 is 9.47 Å². The third-order valence-electron chi connectivity index (χ3n) is 5.82. The van der Waals surface area contributed by atoms with Crippen LogP contribution in [0.2, 0.25) is 0 Å². The van der Waals surface area contributed by atoms with Gasteiger partial charge in [0.2, 0.25) is 0 Å². The molecule has 20 heavy (non-hydrogen) atoms.